The Hall–Kier alpha value is -4.05. The summed E-state index contributed by atoms with van der Waals surface area (Å²) in [5.74, 6) is -0.297. The highest BCUT2D eigenvalue weighted by Gasteiger charge is 2.34. The molecule has 1 aliphatic carbocycles. The number of halogens is 2. The number of hydrogen-bond donors (Lipinski definition) is 1. The Kier molecular flexibility index (Phi) is 12.6. The molecule has 11 heteroatoms. The summed E-state index contributed by atoms with van der Waals surface area (Å²) in [6.07, 6.45) is 6.19. The van der Waals surface area contributed by atoms with Gasteiger partial charge in [0.1, 0.15) is 24.9 Å². The van der Waals surface area contributed by atoms with E-state index >= 15 is 0 Å². The summed E-state index contributed by atoms with van der Waals surface area (Å²) in [7, 11) is -3.93. The average Bonchev–Trinajstić information content (AvgIpc) is 3.09. The van der Waals surface area contributed by atoms with Crippen LogP contribution in [0.25, 0.3) is 0 Å². The molecule has 0 heterocycles. The maximum atomic E-state index is 14.5. The molecule has 4 aromatic carbocycles. The van der Waals surface area contributed by atoms with Crippen molar-refractivity contribution in [2.75, 3.05) is 17.1 Å². The summed E-state index contributed by atoms with van der Waals surface area (Å²) in [5.41, 5.74) is 2.72. The van der Waals surface area contributed by atoms with Crippen molar-refractivity contribution >= 4 is 50.7 Å². The van der Waals surface area contributed by atoms with E-state index in [0.29, 0.717) is 33.7 Å². The lowest BCUT2D eigenvalue weighted by atomic mass is 9.94. The first kappa shape index (κ1) is 36.2. The van der Waals surface area contributed by atoms with E-state index in [2.05, 4.69) is 5.32 Å². The highest BCUT2D eigenvalue weighted by Crippen LogP contribution is 2.27. The van der Waals surface area contributed by atoms with Crippen LogP contribution in [-0.4, -0.2) is 50.0 Å². The lowest BCUT2D eigenvalue weighted by Crippen LogP contribution is -2.55. The molecular weight excluding hydrogens is 681 g/mol. The molecule has 0 radical (unpaired) electrons. The molecule has 1 fully saturated rings. The van der Waals surface area contributed by atoms with Crippen LogP contribution >= 0.6 is 23.2 Å². The topological polar surface area (TPSA) is 96.0 Å². The van der Waals surface area contributed by atoms with Crippen molar-refractivity contribution in [2.24, 2.45) is 0 Å². The maximum Gasteiger partial charge on any atom is 0.244 e. The standard InChI is InChI=1S/C38H41Cl2N3O5S/c1-49(46,47)43(33-19-21-34(22-20-33)48-27-29-13-7-3-8-14-29)26-37(44)42(25-30-17-18-31(39)24-35(30)40)36(23-28-11-5-2-6-12-28)38(45)41-32-15-9-4-10-16-32/h2-3,5-8,11-14,17-22,24,32,36H,4,9-10,15-16,23,25-27H2,1H3,(H,41,45). The first-order valence-corrected chi connectivity index (χ1v) is 19.0. The van der Waals surface area contributed by atoms with Gasteiger partial charge in [-0.3, -0.25) is 13.9 Å². The van der Waals surface area contributed by atoms with Crippen LogP contribution in [0.5, 0.6) is 5.75 Å². The molecule has 258 valence electrons. The third kappa shape index (κ3) is 10.5. The monoisotopic (exact) mass is 721 g/mol. The van der Waals surface area contributed by atoms with Crippen molar-refractivity contribution in [2.45, 2.75) is 63.8 Å². The van der Waals surface area contributed by atoms with Gasteiger partial charge in [0, 0.05) is 29.1 Å². The lowest BCUT2D eigenvalue weighted by molar-refractivity contribution is -0.140. The smallest absolute Gasteiger partial charge is 0.244 e. The first-order chi connectivity index (χ1) is 23.6. The second-order valence-corrected chi connectivity index (χ2v) is 15.1. The molecule has 0 spiro atoms. The van der Waals surface area contributed by atoms with Crippen molar-refractivity contribution < 1.29 is 22.7 Å². The normalized spacial score (nSPS) is 14.1. The van der Waals surface area contributed by atoms with E-state index < -0.39 is 28.5 Å². The van der Waals surface area contributed by atoms with E-state index in [0.717, 1.165) is 53.8 Å². The van der Waals surface area contributed by atoms with Crippen LogP contribution in [-0.2, 0) is 39.2 Å². The van der Waals surface area contributed by atoms with Gasteiger partial charge in [-0.2, -0.15) is 0 Å². The van der Waals surface area contributed by atoms with Crippen molar-refractivity contribution in [3.05, 3.63) is 130 Å². The van der Waals surface area contributed by atoms with E-state index in [1.54, 1.807) is 42.5 Å². The van der Waals surface area contributed by atoms with Gasteiger partial charge in [-0.05, 0) is 65.9 Å². The summed E-state index contributed by atoms with van der Waals surface area (Å²) in [6.45, 7) is -0.215. The Labute approximate surface area is 299 Å². The Morgan fingerprint density at radius 1 is 0.857 bits per heavy atom. The number of ether oxygens (including phenoxy) is 1. The van der Waals surface area contributed by atoms with Crippen molar-refractivity contribution in [1.82, 2.24) is 10.2 Å². The van der Waals surface area contributed by atoms with Crippen LogP contribution in [0.2, 0.25) is 10.0 Å². The van der Waals surface area contributed by atoms with Crippen molar-refractivity contribution in [3.8, 4) is 5.75 Å². The van der Waals surface area contributed by atoms with Crippen LogP contribution in [0, 0.1) is 0 Å². The molecule has 5 rings (SSSR count). The molecule has 1 saturated carbocycles. The van der Waals surface area contributed by atoms with Gasteiger partial charge in [0.05, 0.1) is 11.9 Å². The summed E-state index contributed by atoms with van der Waals surface area (Å²) in [4.78, 5) is 30.0. The molecule has 2 amide bonds. The van der Waals surface area contributed by atoms with E-state index in [9.17, 15) is 18.0 Å². The van der Waals surface area contributed by atoms with Crippen molar-refractivity contribution in [3.63, 3.8) is 0 Å². The molecule has 49 heavy (non-hydrogen) atoms. The molecule has 1 N–H and O–H groups in total. The zero-order valence-electron chi connectivity index (χ0n) is 27.4. The van der Waals surface area contributed by atoms with Gasteiger partial charge < -0.3 is 15.0 Å². The molecule has 0 aliphatic heterocycles. The van der Waals surface area contributed by atoms with E-state index in [4.69, 9.17) is 27.9 Å². The van der Waals surface area contributed by atoms with Gasteiger partial charge in [-0.25, -0.2) is 8.42 Å². The number of sulfonamides is 1. The molecular formula is C38H41Cl2N3O5S. The number of benzene rings is 4. The number of rotatable bonds is 14. The van der Waals surface area contributed by atoms with Crippen molar-refractivity contribution in [1.29, 1.82) is 0 Å². The minimum atomic E-state index is -3.93. The fourth-order valence-electron chi connectivity index (χ4n) is 5.99. The molecule has 0 aromatic heterocycles. The van der Waals surface area contributed by atoms with Gasteiger partial charge in [0.15, 0.2) is 0 Å². The van der Waals surface area contributed by atoms with Crippen LogP contribution in [0.3, 0.4) is 0 Å². The predicted molar refractivity (Wildman–Crippen MR) is 195 cm³/mol. The number of hydrogen-bond acceptors (Lipinski definition) is 5. The SMILES string of the molecule is CS(=O)(=O)N(CC(=O)N(Cc1ccc(Cl)cc1Cl)C(Cc1ccccc1)C(=O)NC1CCCCC1)c1ccc(OCc2ccccc2)cc1. The first-order valence-electron chi connectivity index (χ1n) is 16.4. The van der Waals surface area contributed by atoms with Crippen LogP contribution < -0.4 is 14.4 Å². The van der Waals surface area contributed by atoms with Crippen LogP contribution in [0.15, 0.2) is 103 Å². The highest BCUT2D eigenvalue weighted by atomic mass is 35.5. The third-order valence-electron chi connectivity index (χ3n) is 8.63. The minimum Gasteiger partial charge on any atom is -0.489 e. The highest BCUT2D eigenvalue weighted by molar-refractivity contribution is 7.92. The zero-order chi connectivity index (χ0) is 34.8. The molecule has 4 aromatic rings. The number of nitrogens with one attached hydrogen (secondary N) is 1. The quantitative estimate of drug-likeness (QED) is 0.146. The summed E-state index contributed by atoms with van der Waals surface area (Å²) in [6, 6.07) is 29.7. The predicted octanol–water partition coefficient (Wildman–Crippen LogP) is 7.43. The third-order valence-corrected chi connectivity index (χ3v) is 10.4. The Balaban J connectivity index is 1.45. The number of carbonyl (C=O) groups is 2. The van der Waals surface area contributed by atoms with Gasteiger partial charge in [-0.15, -0.1) is 0 Å². The summed E-state index contributed by atoms with van der Waals surface area (Å²) in [5, 5.41) is 3.96. The van der Waals surface area contributed by atoms with Crippen LogP contribution in [0.4, 0.5) is 5.69 Å². The largest absolute Gasteiger partial charge is 0.489 e. The van der Waals surface area contributed by atoms with Crippen LogP contribution in [0.1, 0.15) is 48.8 Å². The molecule has 1 atom stereocenters. The van der Waals surface area contributed by atoms with E-state index in [1.165, 1.54) is 4.90 Å². The van der Waals surface area contributed by atoms with Gasteiger partial charge >= 0.3 is 0 Å². The second kappa shape index (κ2) is 17.1. The second-order valence-electron chi connectivity index (χ2n) is 12.3. The summed E-state index contributed by atoms with van der Waals surface area (Å²) < 4.78 is 33.3. The Bertz CT molecular complexity index is 1800. The molecule has 1 aliphatic rings. The molecule has 8 nitrogen and oxygen atoms in total. The van der Waals surface area contributed by atoms with E-state index in [1.807, 2.05) is 60.7 Å². The Morgan fingerprint density at radius 2 is 1.49 bits per heavy atom. The number of anilines is 1. The fraction of sp³-hybridized carbons (Fsp3) is 0.316. The lowest BCUT2D eigenvalue weighted by Gasteiger charge is -2.35. The minimum absolute atomic E-state index is 0.00531. The fourth-order valence-corrected chi connectivity index (χ4v) is 7.31. The maximum absolute atomic E-state index is 14.5. The number of amides is 2. The zero-order valence-corrected chi connectivity index (χ0v) is 29.8. The average molecular weight is 723 g/mol. The Morgan fingerprint density at radius 3 is 2.10 bits per heavy atom. The van der Waals surface area contributed by atoms with E-state index in [-0.39, 0.29) is 24.9 Å². The molecule has 1 unspecified atom stereocenters. The molecule has 0 saturated heterocycles. The molecule has 0 bridgehead atoms. The van der Waals surface area contributed by atoms with Gasteiger partial charge in [0.25, 0.3) is 0 Å². The number of nitrogens with zero attached hydrogens (tertiary/aromatic N) is 2. The summed E-state index contributed by atoms with van der Waals surface area (Å²) >= 11 is 12.8. The number of carbonyl (C=O) groups excluding carboxylic acids is 2. The van der Waals surface area contributed by atoms with Gasteiger partial charge in [-0.1, -0.05) is 109 Å². The van der Waals surface area contributed by atoms with Gasteiger partial charge in [0.2, 0.25) is 21.8 Å².